The highest BCUT2D eigenvalue weighted by atomic mass is 79.9. The van der Waals surface area contributed by atoms with E-state index in [0.717, 1.165) is 9.35 Å². The monoisotopic (exact) mass is 356 g/mol. The maximum Gasteiger partial charge on any atom is 0.250 e. The molecule has 0 aliphatic carbocycles. The summed E-state index contributed by atoms with van der Waals surface area (Å²) in [5.41, 5.74) is 0.910. The molecular weight excluding hydrogens is 340 g/mol. The molecule has 3 N–H and O–H groups in total. The van der Waals surface area contributed by atoms with Crippen LogP contribution in [0.4, 0.5) is 0 Å². The van der Waals surface area contributed by atoms with E-state index in [1.807, 2.05) is 6.92 Å². The molecule has 1 unspecified atom stereocenters. The third-order valence-electron chi connectivity index (χ3n) is 2.13. The number of aryl methyl sites for hydroxylation is 1. The van der Waals surface area contributed by atoms with Gasteiger partial charge in [0.2, 0.25) is 10.0 Å². The zero-order valence-electron chi connectivity index (χ0n) is 10.2. The van der Waals surface area contributed by atoms with Gasteiger partial charge in [0.1, 0.15) is 4.21 Å². The normalized spacial score (nSPS) is 13.8. The van der Waals surface area contributed by atoms with Gasteiger partial charge in [0.05, 0.1) is 9.89 Å². The largest absolute Gasteiger partial charge is 0.392 e. The van der Waals surface area contributed by atoms with E-state index in [2.05, 4.69) is 26.0 Å². The van der Waals surface area contributed by atoms with Gasteiger partial charge in [-0.15, -0.1) is 11.3 Å². The van der Waals surface area contributed by atoms with E-state index in [9.17, 15) is 8.42 Å². The van der Waals surface area contributed by atoms with Crippen molar-refractivity contribution >= 4 is 37.3 Å². The molecule has 0 bridgehead atoms. The zero-order chi connectivity index (χ0) is 13.8. The quantitative estimate of drug-likeness (QED) is 0.638. The van der Waals surface area contributed by atoms with Crippen molar-refractivity contribution in [3.63, 3.8) is 0 Å². The van der Waals surface area contributed by atoms with Crippen LogP contribution in [0.2, 0.25) is 0 Å². The second kappa shape index (κ2) is 6.97. The Morgan fingerprint density at radius 3 is 2.67 bits per heavy atom. The van der Waals surface area contributed by atoms with Crippen LogP contribution in [0.25, 0.3) is 0 Å². The van der Waals surface area contributed by atoms with Crippen LogP contribution in [0.15, 0.2) is 14.1 Å². The van der Waals surface area contributed by atoms with E-state index in [1.54, 1.807) is 13.0 Å². The van der Waals surface area contributed by atoms with Crippen molar-refractivity contribution in [2.75, 3.05) is 19.6 Å². The number of hydrogen-bond acceptors (Lipinski definition) is 5. The fourth-order valence-electron chi connectivity index (χ4n) is 1.22. The van der Waals surface area contributed by atoms with Crippen LogP contribution in [0.1, 0.15) is 12.5 Å². The molecular formula is C10H17BrN2O3S2. The fourth-order valence-corrected chi connectivity index (χ4v) is 4.52. The second-order valence-corrected chi connectivity index (χ2v) is 8.34. The molecule has 8 heteroatoms. The Balaban J connectivity index is 2.45. The van der Waals surface area contributed by atoms with Crippen molar-refractivity contribution in [3.8, 4) is 0 Å². The number of aliphatic hydroxyl groups excluding tert-OH is 1. The minimum Gasteiger partial charge on any atom is -0.392 e. The summed E-state index contributed by atoms with van der Waals surface area (Å²) in [6, 6.07) is 1.64. The van der Waals surface area contributed by atoms with Gasteiger partial charge in [-0.1, -0.05) is 0 Å². The smallest absolute Gasteiger partial charge is 0.250 e. The lowest BCUT2D eigenvalue weighted by atomic mass is 10.4. The predicted octanol–water partition coefficient (Wildman–Crippen LogP) is 1.07. The summed E-state index contributed by atoms with van der Waals surface area (Å²) < 4.78 is 27.4. The average Bonchev–Trinajstić information content (AvgIpc) is 2.59. The standard InChI is InChI=1S/C10H17BrN2O3S2/c1-7-5-9(17-10(7)11)18(15,16)13-4-3-12-6-8(2)14/h5,8,12-14H,3-4,6H2,1-2H3. The molecule has 0 saturated carbocycles. The minimum atomic E-state index is -3.43. The number of sulfonamides is 1. The first-order valence-corrected chi connectivity index (χ1v) is 8.56. The van der Waals surface area contributed by atoms with Gasteiger partial charge in [-0.25, -0.2) is 13.1 Å². The summed E-state index contributed by atoms with van der Waals surface area (Å²) in [7, 11) is -3.43. The number of halogens is 1. The summed E-state index contributed by atoms with van der Waals surface area (Å²) in [5, 5.41) is 12.0. The molecule has 0 fully saturated rings. The van der Waals surface area contributed by atoms with Crippen LogP contribution in [0, 0.1) is 6.92 Å². The van der Waals surface area contributed by atoms with Gasteiger partial charge in [0.15, 0.2) is 0 Å². The Kier molecular flexibility index (Phi) is 6.22. The van der Waals surface area contributed by atoms with Crippen molar-refractivity contribution in [3.05, 3.63) is 15.4 Å². The van der Waals surface area contributed by atoms with Crippen molar-refractivity contribution in [1.29, 1.82) is 0 Å². The first-order chi connectivity index (χ1) is 8.33. The number of nitrogens with one attached hydrogen (secondary N) is 2. The summed E-state index contributed by atoms with van der Waals surface area (Å²) in [6.07, 6.45) is -0.433. The average molecular weight is 357 g/mol. The molecule has 0 saturated heterocycles. The van der Waals surface area contributed by atoms with Gasteiger partial charge in [-0.05, 0) is 41.4 Å². The molecule has 18 heavy (non-hydrogen) atoms. The van der Waals surface area contributed by atoms with Crippen LogP contribution >= 0.6 is 27.3 Å². The Labute approximate surface area is 120 Å². The third kappa shape index (κ3) is 4.94. The molecule has 104 valence electrons. The number of rotatable bonds is 7. The molecule has 0 aliphatic rings. The lowest BCUT2D eigenvalue weighted by Crippen LogP contribution is -2.34. The first-order valence-electron chi connectivity index (χ1n) is 5.47. The second-order valence-electron chi connectivity index (χ2n) is 3.97. The number of aliphatic hydroxyl groups is 1. The van der Waals surface area contributed by atoms with Gasteiger partial charge in [-0.3, -0.25) is 0 Å². The van der Waals surface area contributed by atoms with Crippen molar-refractivity contribution < 1.29 is 13.5 Å². The van der Waals surface area contributed by atoms with Crippen molar-refractivity contribution in [1.82, 2.24) is 10.0 Å². The van der Waals surface area contributed by atoms with Gasteiger partial charge in [0, 0.05) is 19.6 Å². The molecule has 5 nitrogen and oxygen atoms in total. The lowest BCUT2D eigenvalue weighted by molar-refractivity contribution is 0.192. The van der Waals surface area contributed by atoms with E-state index in [1.165, 1.54) is 11.3 Å². The molecule has 1 aromatic heterocycles. The maximum atomic E-state index is 11.9. The summed E-state index contributed by atoms with van der Waals surface area (Å²) in [5.74, 6) is 0. The topological polar surface area (TPSA) is 78.4 Å². The third-order valence-corrected chi connectivity index (χ3v) is 6.20. The molecule has 0 aliphatic heterocycles. The molecule has 0 aromatic carbocycles. The summed E-state index contributed by atoms with van der Waals surface area (Å²) in [4.78, 5) is 0. The van der Waals surface area contributed by atoms with Gasteiger partial charge < -0.3 is 10.4 Å². The van der Waals surface area contributed by atoms with E-state index >= 15 is 0 Å². The van der Waals surface area contributed by atoms with E-state index < -0.39 is 16.1 Å². The predicted molar refractivity (Wildman–Crippen MR) is 76.5 cm³/mol. The molecule has 1 atom stereocenters. The van der Waals surface area contributed by atoms with Crippen LogP contribution in [0.5, 0.6) is 0 Å². The highest BCUT2D eigenvalue weighted by Gasteiger charge is 2.17. The fraction of sp³-hybridized carbons (Fsp3) is 0.600. The molecule has 0 amide bonds. The Hall–Kier alpha value is 0.01000. The van der Waals surface area contributed by atoms with Gasteiger partial charge >= 0.3 is 0 Å². The maximum absolute atomic E-state index is 11.9. The first kappa shape index (κ1) is 16.1. The Morgan fingerprint density at radius 1 is 1.50 bits per heavy atom. The lowest BCUT2D eigenvalue weighted by Gasteiger charge is -2.07. The SMILES string of the molecule is Cc1cc(S(=O)(=O)NCCNCC(C)O)sc1Br. The van der Waals surface area contributed by atoms with Gasteiger partial charge in [0.25, 0.3) is 0 Å². The summed E-state index contributed by atoms with van der Waals surface area (Å²) >= 11 is 4.50. The highest BCUT2D eigenvalue weighted by Crippen LogP contribution is 2.30. The van der Waals surface area contributed by atoms with Crippen molar-refractivity contribution in [2.45, 2.75) is 24.2 Å². The molecule has 0 radical (unpaired) electrons. The van der Waals surface area contributed by atoms with E-state index in [-0.39, 0.29) is 0 Å². The number of thiophene rings is 1. The number of hydrogen-bond donors (Lipinski definition) is 3. The minimum absolute atomic E-state index is 0.295. The van der Waals surface area contributed by atoms with Crippen molar-refractivity contribution in [2.24, 2.45) is 0 Å². The molecule has 1 heterocycles. The van der Waals surface area contributed by atoms with Gasteiger partial charge in [-0.2, -0.15) is 0 Å². The Bertz CT molecular complexity index is 466. The van der Waals surface area contributed by atoms with Crippen LogP contribution in [0.3, 0.4) is 0 Å². The zero-order valence-corrected chi connectivity index (χ0v) is 13.5. The van der Waals surface area contributed by atoms with Crippen LogP contribution < -0.4 is 10.0 Å². The van der Waals surface area contributed by atoms with Crippen LogP contribution in [-0.4, -0.2) is 39.3 Å². The highest BCUT2D eigenvalue weighted by molar-refractivity contribution is 9.11. The Morgan fingerprint density at radius 2 is 2.17 bits per heavy atom. The van der Waals surface area contributed by atoms with E-state index in [4.69, 9.17) is 5.11 Å². The molecule has 1 rings (SSSR count). The van der Waals surface area contributed by atoms with Crippen LogP contribution in [-0.2, 0) is 10.0 Å². The van der Waals surface area contributed by atoms with E-state index in [0.29, 0.717) is 23.8 Å². The summed E-state index contributed by atoms with van der Waals surface area (Å²) in [6.45, 7) is 4.75. The molecule has 0 spiro atoms. The molecule has 1 aromatic rings.